The molecule has 0 spiro atoms. The first-order chi connectivity index (χ1) is 6.09. The van der Waals surface area contributed by atoms with Gasteiger partial charge in [0.15, 0.2) is 0 Å². The Bertz CT molecular complexity index is 305. The molecule has 3 nitrogen and oxygen atoms in total. The highest BCUT2D eigenvalue weighted by Gasteiger charge is 2.62. The molecule has 2 bridgehead atoms. The summed E-state index contributed by atoms with van der Waals surface area (Å²) in [6.07, 6.45) is 4.10. The maximum Gasteiger partial charge on any atom is 0.313 e. The van der Waals surface area contributed by atoms with Crippen molar-refractivity contribution in [3.8, 4) is 0 Å². The number of carbonyl (C=O) groups excluding carboxylic acids is 1. The van der Waals surface area contributed by atoms with E-state index in [9.17, 15) is 4.79 Å². The first-order valence-electron chi connectivity index (χ1n) is 4.66. The fourth-order valence-electron chi connectivity index (χ4n) is 2.81. The topological polar surface area (TPSA) is 35.5 Å². The van der Waals surface area contributed by atoms with Crippen LogP contribution in [0, 0.1) is 11.8 Å². The Hall–Kier alpha value is -0.830. The predicted octanol–water partition coefficient (Wildman–Crippen LogP) is 0.891. The number of ether oxygens (including phenoxy) is 2. The van der Waals surface area contributed by atoms with E-state index in [1.54, 1.807) is 0 Å². The smallest absolute Gasteiger partial charge is 0.313 e. The van der Waals surface area contributed by atoms with Gasteiger partial charge in [-0.25, -0.2) is 0 Å². The van der Waals surface area contributed by atoms with Gasteiger partial charge in [0.1, 0.15) is 5.60 Å². The van der Waals surface area contributed by atoms with E-state index in [1.807, 2.05) is 19.9 Å². The second-order valence-corrected chi connectivity index (χ2v) is 4.53. The number of fused-ring (bicyclic) bond motifs is 5. The van der Waals surface area contributed by atoms with Crippen molar-refractivity contribution >= 4 is 5.97 Å². The number of rotatable bonds is 0. The third-order valence-electron chi connectivity index (χ3n) is 3.34. The summed E-state index contributed by atoms with van der Waals surface area (Å²) in [5.74, 6) is 0.0758. The van der Waals surface area contributed by atoms with Gasteiger partial charge in [-0.2, -0.15) is 0 Å². The van der Waals surface area contributed by atoms with Crippen molar-refractivity contribution in [1.29, 1.82) is 0 Å². The molecule has 0 aliphatic carbocycles. The molecule has 0 aromatic heterocycles. The normalized spacial score (nSPS) is 49.5. The van der Waals surface area contributed by atoms with Crippen molar-refractivity contribution in [3.05, 3.63) is 12.2 Å². The molecule has 13 heavy (non-hydrogen) atoms. The average Bonchev–Trinajstić information content (AvgIpc) is 2.63. The Kier molecular flexibility index (Phi) is 1.15. The summed E-state index contributed by atoms with van der Waals surface area (Å²) in [7, 11) is 0. The van der Waals surface area contributed by atoms with E-state index in [0.717, 1.165) is 0 Å². The molecule has 3 heteroatoms. The summed E-state index contributed by atoms with van der Waals surface area (Å²) in [5, 5.41) is 0. The van der Waals surface area contributed by atoms with Crippen molar-refractivity contribution in [2.75, 3.05) is 0 Å². The third-order valence-corrected chi connectivity index (χ3v) is 3.34. The lowest BCUT2D eigenvalue weighted by atomic mass is 9.76. The molecule has 3 aliphatic heterocycles. The molecule has 0 amide bonds. The molecule has 2 fully saturated rings. The second-order valence-electron chi connectivity index (χ2n) is 4.53. The van der Waals surface area contributed by atoms with Crippen molar-refractivity contribution in [3.63, 3.8) is 0 Å². The molecule has 0 saturated carbocycles. The molecule has 4 atom stereocenters. The molecule has 0 aromatic carbocycles. The van der Waals surface area contributed by atoms with Crippen LogP contribution in [0.25, 0.3) is 0 Å². The van der Waals surface area contributed by atoms with E-state index in [4.69, 9.17) is 9.47 Å². The Morgan fingerprint density at radius 2 is 2.00 bits per heavy atom. The van der Waals surface area contributed by atoms with Crippen LogP contribution < -0.4 is 0 Å². The maximum absolute atomic E-state index is 11.5. The van der Waals surface area contributed by atoms with Crippen molar-refractivity contribution in [1.82, 2.24) is 0 Å². The highest BCUT2D eigenvalue weighted by Crippen LogP contribution is 2.50. The summed E-state index contributed by atoms with van der Waals surface area (Å²) in [6, 6.07) is 0. The molecule has 0 aromatic rings. The highest BCUT2D eigenvalue weighted by atomic mass is 16.6. The minimum absolute atomic E-state index is 0.0238. The molecular formula is C10H12O3. The first kappa shape index (κ1) is 7.56. The van der Waals surface area contributed by atoms with Gasteiger partial charge in [0.2, 0.25) is 0 Å². The zero-order valence-corrected chi connectivity index (χ0v) is 7.69. The van der Waals surface area contributed by atoms with Gasteiger partial charge >= 0.3 is 5.97 Å². The minimum atomic E-state index is -0.355. The molecular weight excluding hydrogens is 168 g/mol. The van der Waals surface area contributed by atoms with Gasteiger partial charge in [-0.1, -0.05) is 12.2 Å². The SMILES string of the molecule is CC1(C)OC(=O)C2C3C=CC(O3)C21. The van der Waals surface area contributed by atoms with Crippen LogP contribution in [-0.2, 0) is 14.3 Å². The van der Waals surface area contributed by atoms with E-state index in [-0.39, 0.29) is 35.6 Å². The van der Waals surface area contributed by atoms with E-state index in [1.165, 1.54) is 0 Å². The molecule has 70 valence electrons. The van der Waals surface area contributed by atoms with Gasteiger partial charge in [0.05, 0.1) is 18.1 Å². The Morgan fingerprint density at radius 3 is 2.69 bits per heavy atom. The summed E-state index contributed by atoms with van der Waals surface area (Å²) < 4.78 is 11.0. The van der Waals surface area contributed by atoms with Crippen molar-refractivity contribution < 1.29 is 14.3 Å². The molecule has 4 unspecified atom stereocenters. The van der Waals surface area contributed by atoms with Crippen LogP contribution in [0.3, 0.4) is 0 Å². The van der Waals surface area contributed by atoms with Crippen LogP contribution in [-0.4, -0.2) is 23.8 Å². The molecule has 0 N–H and O–H groups in total. The zero-order chi connectivity index (χ0) is 9.22. The van der Waals surface area contributed by atoms with Crippen LogP contribution in [0.4, 0.5) is 0 Å². The summed E-state index contributed by atoms with van der Waals surface area (Å²) in [5.41, 5.74) is -0.355. The molecule has 3 heterocycles. The zero-order valence-electron chi connectivity index (χ0n) is 7.69. The van der Waals surface area contributed by atoms with Gasteiger partial charge in [-0.15, -0.1) is 0 Å². The van der Waals surface area contributed by atoms with E-state index in [2.05, 4.69) is 6.08 Å². The number of esters is 1. The summed E-state index contributed by atoms with van der Waals surface area (Å²) in [4.78, 5) is 11.5. The average molecular weight is 180 g/mol. The van der Waals surface area contributed by atoms with Gasteiger partial charge in [-0.3, -0.25) is 4.79 Å². The minimum Gasteiger partial charge on any atom is -0.459 e. The number of hydrogen-bond donors (Lipinski definition) is 0. The van der Waals surface area contributed by atoms with Crippen LogP contribution in [0.15, 0.2) is 12.2 Å². The largest absolute Gasteiger partial charge is 0.459 e. The fourth-order valence-corrected chi connectivity index (χ4v) is 2.81. The van der Waals surface area contributed by atoms with Crippen LogP contribution in [0.5, 0.6) is 0 Å². The van der Waals surface area contributed by atoms with E-state index >= 15 is 0 Å². The van der Waals surface area contributed by atoms with Gasteiger partial charge < -0.3 is 9.47 Å². The third kappa shape index (κ3) is 0.759. The summed E-state index contributed by atoms with van der Waals surface area (Å²) >= 11 is 0. The number of cyclic esters (lactones) is 1. The maximum atomic E-state index is 11.5. The van der Waals surface area contributed by atoms with E-state index < -0.39 is 0 Å². The quantitative estimate of drug-likeness (QED) is 0.410. The number of carbonyl (C=O) groups is 1. The monoisotopic (exact) mass is 180 g/mol. The molecule has 2 saturated heterocycles. The van der Waals surface area contributed by atoms with Crippen LogP contribution in [0.2, 0.25) is 0 Å². The Balaban J connectivity index is 2.06. The van der Waals surface area contributed by atoms with E-state index in [0.29, 0.717) is 0 Å². The van der Waals surface area contributed by atoms with Gasteiger partial charge in [-0.05, 0) is 13.8 Å². The summed E-state index contributed by atoms with van der Waals surface area (Å²) in [6.45, 7) is 3.93. The Labute approximate surface area is 76.7 Å². The van der Waals surface area contributed by atoms with Crippen LogP contribution in [0.1, 0.15) is 13.8 Å². The number of hydrogen-bond acceptors (Lipinski definition) is 3. The standard InChI is InChI=1S/C10H12O3/c1-10(2)8-6-4-3-5(12-6)7(8)9(11)13-10/h3-8H,1-2H3. The molecule has 0 radical (unpaired) electrons. The van der Waals surface area contributed by atoms with Crippen molar-refractivity contribution in [2.24, 2.45) is 11.8 Å². The predicted molar refractivity (Wildman–Crippen MR) is 45.0 cm³/mol. The Morgan fingerprint density at radius 1 is 1.31 bits per heavy atom. The fraction of sp³-hybridized carbons (Fsp3) is 0.700. The lowest BCUT2D eigenvalue weighted by Crippen LogP contribution is -2.35. The highest BCUT2D eigenvalue weighted by molar-refractivity contribution is 5.78. The molecule has 3 aliphatic rings. The van der Waals surface area contributed by atoms with Gasteiger partial charge in [0, 0.05) is 5.92 Å². The van der Waals surface area contributed by atoms with Crippen molar-refractivity contribution in [2.45, 2.75) is 31.7 Å². The van der Waals surface area contributed by atoms with Gasteiger partial charge in [0.25, 0.3) is 0 Å². The van der Waals surface area contributed by atoms with Crippen LogP contribution >= 0.6 is 0 Å². The second kappa shape index (κ2) is 1.98. The lowest BCUT2D eigenvalue weighted by Gasteiger charge is -2.26. The molecule has 3 rings (SSSR count). The lowest BCUT2D eigenvalue weighted by molar-refractivity contribution is -0.152. The first-order valence-corrected chi connectivity index (χ1v) is 4.66.